The van der Waals surface area contributed by atoms with E-state index < -0.39 is 10.0 Å². The molecule has 0 spiro atoms. The Hall–Kier alpha value is -3.30. The number of sulfonamides is 1. The number of carbonyl (C=O) groups is 1. The van der Waals surface area contributed by atoms with Gasteiger partial charge in [-0.05, 0) is 49.2 Å². The van der Waals surface area contributed by atoms with Crippen LogP contribution in [0.5, 0.6) is 5.88 Å². The molecule has 0 aliphatic heterocycles. The molecule has 0 fully saturated rings. The number of ether oxygens (including phenoxy) is 1. The number of aromatic nitrogens is 2. The zero-order valence-corrected chi connectivity index (χ0v) is 19.1. The smallest absolute Gasteiger partial charge is 0.255 e. The second kappa shape index (κ2) is 10.3. The molecule has 2 heterocycles. The molecule has 0 radical (unpaired) electrons. The first kappa shape index (κ1) is 23.4. The largest absolute Gasteiger partial charge is 0.481 e. The Morgan fingerprint density at radius 3 is 2.56 bits per heavy atom. The summed E-state index contributed by atoms with van der Waals surface area (Å²) in [6, 6.07) is 12.1. The lowest BCUT2D eigenvalue weighted by molar-refractivity contribution is 0.0767. The van der Waals surface area contributed by atoms with E-state index in [1.54, 1.807) is 54.5 Å². The molecule has 0 saturated heterocycles. The Bertz CT molecular complexity index is 1170. The minimum atomic E-state index is -3.77. The van der Waals surface area contributed by atoms with Crippen LogP contribution in [0.3, 0.4) is 0 Å². The molecule has 3 rings (SSSR count). The lowest BCUT2D eigenvalue weighted by Gasteiger charge is -2.21. The molecule has 0 aliphatic carbocycles. The van der Waals surface area contributed by atoms with Crippen LogP contribution in [0.25, 0.3) is 11.1 Å². The molecule has 8 nitrogen and oxygen atoms in total. The maximum Gasteiger partial charge on any atom is 0.255 e. The number of amides is 1. The van der Waals surface area contributed by atoms with E-state index in [0.717, 1.165) is 11.1 Å². The van der Waals surface area contributed by atoms with E-state index >= 15 is 0 Å². The van der Waals surface area contributed by atoms with E-state index in [-0.39, 0.29) is 23.9 Å². The van der Waals surface area contributed by atoms with E-state index in [1.165, 1.54) is 13.3 Å². The van der Waals surface area contributed by atoms with Gasteiger partial charge < -0.3 is 9.64 Å². The van der Waals surface area contributed by atoms with Gasteiger partial charge in [0.05, 0.1) is 17.6 Å². The van der Waals surface area contributed by atoms with Crippen molar-refractivity contribution in [3.8, 4) is 17.0 Å². The maximum absolute atomic E-state index is 13.0. The molecule has 0 aliphatic rings. The molecule has 1 amide bonds. The average molecular weight is 455 g/mol. The number of hydrogen-bond acceptors (Lipinski definition) is 6. The van der Waals surface area contributed by atoms with Crippen LogP contribution < -0.4 is 9.46 Å². The van der Waals surface area contributed by atoms with Crippen LogP contribution in [0.1, 0.15) is 22.8 Å². The fourth-order valence-electron chi connectivity index (χ4n) is 3.35. The van der Waals surface area contributed by atoms with Crippen LogP contribution in [0.15, 0.2) is 66.0 Å². The second-order valence-electron chi connectivity index (χ2n) is 7.04. The molecule has 0 bridgehead atoms. The van der Waals surface area contributed by atoms with Crippen molar-refractivity contribution < 1.29 is 17.9 Å². The average Bonchev–Trinajstić information content (AvgIpc) is 2.82. The summed E-state index contributed by atoms with van der Waals surface area (Å²) in [6.07, 6.45) is 4.74. The van der Waals surface area contributed by atoms with Crippen LogP contribution >= 0.6 is 0 Å². The molecule has 0 saturated carbocycles. The summed E-state index contributed by atoms with van der Waals surface area (Å²) in [5.41, 5.74) is 2.64. The highest BCUT2D eigenvalue weighted by Gasteiger charge is 2.20. The van der Waals surface area contributed by atoms with E-state index in [0.29, 0.717) is 23.6 Å². The van der Waals surface area contributed by atoms with Crippen LogP contribution in [-0.4, -0.2) is 55.9 Å². The summed E-state index contributed by atoms with van der Waals surface area (Å²) in [5.74, 6) is 0.295. The van der Waals surface area contributed by atoms with Crippen molar-refractivity contribution in [3.05, 3.63) is 72.2 Å². The number of benzene rings is 1. The van der Waals surface area contributed by atoms with Gasteiger partial charge in [0.1, 0.15) is 0 Å². The highest BCUT2D eigenvalue weighted by atomic mass is 32.2. The number of carbonyl (C=O) groups excluding carboxylic acids is 1. The van der Waals surface area contributed by atoms with Gasteiger partial charge in [0.2, 0.25) is 15.9 Å². The molecular formula is C23H26N4O4S. The normalized spacial score (nSPS) is 11.2. The Labute approximate surface area is 188 Å². The molecule has 168 valence electrons. The molecule has 1 aromatic carbocycles. The Morgan fingerprint density at radius 2 is 1.94 bits per heavy atom. The standard InChI is InChI=1S/C23H26N4O4S/c1-4-27(23(28)19-7-6-12-24-15-19)14-13-26-32(29,30)21-9-5-8-20(17(21)2)18-10-11-22(31-3)25-16-18/h5-12,15-16,26H,4,13-14H2,1-3H3. The number of likely N-dealkylation sites (N-methyl/N-ethyl adjacent to an activating group) is 1. The quantitative estimate of drug-likeness (QED) is 0.533. The SMILES string of the molecule is CCN(CCNS(=O)(=O)c1cccc(-c2ccc(OC)nc2)c1C)C(=O)c1cccnc1. The van der Waals surface area contributed by atoms with E-state index in [2.05, 4.69) is 14.7 Å². The van der Waals surface area contributed by atoms with Crippen molar-refractivity contribution in [1.29, 1.82) is 0 Å². The van der Waals surface area contributed by atoms with Crippen LogP contribution in [0, 0.1) is 6.92 Å². The van der Waals surface area contributed by atoms with Crippen molar-refractivity contribution in [2.24, 2.45) is 0 Å². The highest BCUT2D eigenvalue weighted by molar-refractivity contribution is 7.89. The lowest BCUT2D eigenvalue weighted by Crippen LogP contribution is -2.38. The van der Waals surface area contributed by atoms with Gasteiger partial charge in [0, 0.05) is 49.9 Å². The van der Waals surface area contributed by atoms with Gasteiger partial charge in [-0.25, -0.2) is 18.1 Å². The Kier molecular flexibility index (Phi) is 7.55. The number of rotatable bonds is 9. The summed E-state index contributed by atoms with van der Waals surface area (Å²) in [5, 5.41) is 0. The van der Waals surface area contributed by atoms with E-state index in [1.807, 2.05) is 19.1 Å². The van der Waals surface area contributed by atoms with Crippen LogP contribution in [0.2, 0.25) is 0 Å². The van der Waals surface area contributed by atoms with Gasteiger partial charge in [0.25, 0.3) is 5.91 Å². The summed E-state index contributed by atoms with van der Waals surface area (Å²) in [7, 11) is -2.24. The number of nitrogens with zero attached hydrogens (tertiary/aromatic N) is 3. The van der Waals surface area contributed by atoms with Crippen molar-refractivity contribution in [3.63, 3.8) is 0 Å². The fraction of sp³-hybridized carbons (Fsp3) is 0.261. The molecule has 32 heavy (non-hydrogen) atoms. The van der Waals surface area contributed by atoms with E-state index in [9.17, 15) is 13.2 Å². The van der Waals surface area contributed by atoms with Crippen molar-refractivity contribution in [2.45, 2.75) is 18.7 Å². The van der Waals surface area contributed by atoms with Crippen molar-refractivity contribution in [2.75, 3.05) is 26.7 Å². The molecule has 1 N–H and O–H groups in total. The van der Waals surface area contributed by atoms with Gasteiger partial charge in [0.15, 0.2) is 0 Å². The third-order valence-electron chi connectivity index (χ3n) is 5.08. The van der Waals surface area contributed by atoms with Crippen LogP contribution in [-0.2, 0) is 10.0 Å². The van der Waals surface area contributed by atoms with Gasteiger partial charge >= 0.3 is 0 Å². The van der Waals surface area contributed by atoms with Crippen molar-refractivity contribution in [1.82, 2.24) is 19.6 Å². The number of pyridine rings is 2. The van der Waals surface area contributed by atoms with Gasteiger partial charge in [-0.2, -0.15) is 0 Å². The third kappa shape index (κ3) is 5.30. The maximum atomic E-state index is 13.0. The first-order valence-corrected chi connectivity index (χ1v) is 11.6. The third-order valence-corrected chi connectivity index (χ3v) is 6.69. The van der Waals surface area contributed by atoms with Crippen LogP contribution in [0.4, 0.5) is 0 Å². The molecular weight excluding hydrogens is 428 g/mol. The molecule has 9 heteroatoms. The number of hydrogen-bond donors (Lipinski definition) is 1. The fourth-order valence-corrected chi connectivity index (χ4v) is 4.63. The molecule has 0 atom stereocenters. The lowest BCUT2D eigenvalue weighted by atomic mass is 10.0. The Morgan fingerprint density at radius 1 is 1.12 bits per heavy atom. The number of nitrogens with one attached hydrogen (secondary N) is 1. The summed E-state index contributed by atoms with van der Waals surface area (Å²) >= 11 is 0. The summed E-state index contributed by atoms with van der Waals surface area (Å²) in [4.78, 5) is 22.5. The van der Waals surface area contributed by atoms with Crippen molar-refractivity contribution >= 4 is 15.9 Å². The first-order chi connectivity index (χ1) is 15.4. The molecule has 3 aromatic rings. The first-order valence-electron chi connectivity index (χ1n) is 10.2. The summed E-state index contributed by atoms with van der Waals surface area (Å²) in [6.45, 7) is 4.40. The predicted octanol–water partition coefficient (Wildman–Crippen LogP) is 2.90. The zero-order valence-electron chi connectivity index (χ0n) is 18.3. The monoisotopic (exact) mass is 454 g/mol. The second-order valence-corrected chi connectivity index (χ2v) is 8.78. The predicted molar refractivity (Wildman–Crippen MR) is 122 cm³/mol. The molecule has 2 aromatic heterocycles. The molecule has 0 unspecified atom stereocenters. The minimum absolute atomic E-state index is 0.0932. The van der Waals surface area contributed by atoms with E-state index in [4.69, 9.17) is 4.74 Å². The highest BCUT2D eigenvalue weighted by Crippen LogP contribution is 2.28. The summed E-state index contributed by atoms with van der Waals surface area (Å²) < 4.78 is 33.7. The Balaban J connectivity index is 1.73. The van der Waals surface area contributed by atoms with Gasteiger partial charge in [-0.3, -0.25) is 9.78 Å². The van der Waals surface area contributed by atoms with Gasteiger partial charge in [-0.15, -0.1) is 0 Å². The number of methoxy groups -OCH3 is 1. The zero-order chi connectivity index (χ0) is 23.1. The van der Waals surface area contributed by atoms with Gasteiger partial charge in [-0.1, -0.05) is 12.1 Å². The minimum Gasteiger partial charge on any atom is -0.481 e. The topological polar surface area (TPSA) is 101 Å².